The number of nitrogens with zero attached hydrogens (tertiary/aromatic N) is 1. The molecule has 1 spiro atoms. The van der Waals surface area contributed by atoms with Gasteiger partial charge in [0.05, 0.1) is 5.88 Å². The number of hydrogen-bond donors (Lipinski definition) is 2. The predicted molar refractivity (Wildman–Crippen MR) is 132 cm³/mol. The molecule has 1 unspecified atom stereocenters. The zero-order valence-corrected chi connectivity index (χ0v) is 20.2. The first kappa shape index (κ1) is 22.5. The predicted octanol–water partition coefficient (Wildman–Crippen LogP) is 4.21. The molecule has 7 nitrogen and oxygen atoms in total. The van der Waals surface area contributed by atoms with E-state index in [0.29, 0.717) is 24.5 Å². The molecule has 1 aliphatic heterocycles. The standard InChI is InChI=1S/C27H28N2O5S/c30-23(31)22-13-35-16-29(22)24(32)27(14-26(15-27)10-5-11-26)28-25(33)34-12-21-19-8-3-1-6-17(19)18-7-2-4-9-20(18)21/h1-4,6-9,21-22H,5,10-16H2,(H,28,33)(H,30,31). The number of carboxylic acids is 1. The summed E-state index contributed by atoms with van der Waals surface area (Å²) in [6, 6.07) is 15.4. The number of hydrogen-bond acceptors (Lipinski definition) is 5. The number of carboxylic acid groups (broad SMARTS) is 1. The number of nitrogens with one attached hydrogen (secondary N) is 1. The van der Waals surface area contributed by atoms with Crippen molar-refractivity contribution in [1.82, 2.24) is 10.2 Å². The summed E-state index contributed by atoms with van der Waals surface area (Å²) < 4.78 is 5.74. The van der Waals surface area contributed by atoms with Crippen molar-refractivity contribution in [2.75, 3.05) is 18.2 Å². The third-order valence-electron chi connectivity index (χ3n) is 8.29. The molecule has 1 saturated heterocycles. The lowest BCUT2D eigenvalue weighted by molar-refractivity contribution is -0.160. The molecule has 0 bridgehead atoms. The second kappa shape index (κ2) is 8.29. The van der Waals surface area contributed by atoms with Crippen LogP contribution in [0.3, 0.4) is 0 Å². The molecule has 2 aromatic rings. The highest BCUT2D eigenvalue weighted by molar-refractivity contribution is 7.99. The number of aliphatic carboxylic acids is 1. The molecule has 35 heavy (non-hydrogen) atoms. The van der Waals surface area contributed by atoms with Gasteiger partial charge in [0.1, 0.15) is 18.2 Å². The van der Waals surface area contributed by atoms with Crippen LogP contribution in [0.25, 0.3) is 11.1 Å². The van der Waals surface area contributed by atoms with E-state index < -0.39 is 23.6 Å². The van der Waals surface area contributed by atoms with Gasteiger partial charge in [-0.05, 0) is 53.4 Å². The fourth-order valence-corrected chi connectivity index (χ4v) is 7.65. The van der Waals surface area contributed by atoms with Gasteiger partial charge in [-0.15, -0.1) is 11.8 Å². The number of amides is 2. The number of carbonyl (C=O) groups is 3. The van der Waals surface area contributed by atoms with Crippen molar-refractivity contribution >= 4 is 29.7 Å². The summed E-state index contributed by atoms with van der Waals surface area (Å²) in [5.41, 5.74) is 3.58. The largest absolute Gasteiger partial charge is 0.480 e. The quantitative estimate of drug-likeness (QED) is 0.649. The zero-order valence-electron chi connectivity index (χ0n) is 19.4. The van der Waals surface area contributed by atoms with Gasteiger partial charge in [-0.25, -0.2) is 9.59 Å². The topological polar surface area (TPSA) is 95.9 Å². The number of thioether (sulfide) groups is 1. The van der Waals surface area contributed by atoms with Gasteiger partial charge in [-0.1, -0.05) is 55.0 Å². The Balaban J connectivity index is 1.18. The van der Waals surface area contributed by atoms with Crippen molar-refractivity contribution in [2.45, 2.75) is 49.6 Å². The molecule has 3 aliphatic carbocycles. The number of carbonyl (C=O) groups excluding carboxylic acids is 2. The summed E-state index contributed by atoms with van der Waals surface area (Å²) in [5.74, 6) is -0.659. The summed E-state index contributed by atoms with van der Waals surface area (Å²) >= 11 is 1.43. The Bertz CT molecular complexity index is 1160. The van der Waals surface area contributed by atoms with Crippen LogP contribution < -0.4 is 5.32 Å². The second-order valence-electron chi connectivity index (χ2n) is 10.4. The lowest BCUT2D eigenvalue weighted by Gasteiger charge is -2.60. The van der Waals surface area contributed by atoms with Crippen LogP contribution in [0.1, 0.15) is 49.1 Å². The third-order valence-corrected chi connectivity index (χ3v) is 9.30. The van der Waals surface area contributed by atoms with E-state index in [1.807, 2.05) is 24.3 Å². The van der Waals surface area contributed by atoms with Gasteiger partial charge in [0.25, 0.3) is 0 Å². The summed E-state index contributed by atoms with van der Waals surface area (Å²) in [7, 11) is 0. The van der Waals surface area contributed by atoms with Crippen molar-refractivity contribution < 1.29 is 24.2 Å². The average Bonchev–Trinajstić information content (AvgIpc) is 3.42. The van der Waals surface area contributed by atoms with Crippen LogP contribution >= 0.6 is 11.8 Å². The summed E-state index contributed by atoms with van der Waals surface area (Å²) in [5, 5.41) is 12.5. The maximum atomic E-state index is 13.6. The molecular weight excluding hydrogens is 464 g/mol. The minimum Gasteiger partial charge on any atom is -0.480 e. The number of rotatable bonds is 5. The highest BCUT2D eigenvalue weighted by Gasteiger charge is 2.63. The molecule has 2 saturated carbocycles. The lowest BCUT2D eigenvalue weighted by atomic mass is 9.48. The maximum Gasteiger partial charge on any atom is 0.408 e. The van der Waals surface area contributed by atoms with Crippen molar-refractivity contribution in [2.24, 2.45) is 5.41 Å². The third kappa shape index (κ3) is 3.61. The molecule has 4 aliphatic rings. The zero-order chi connectivity index (χ0) is 24.2. The van der Waals surface area contributed by atoms with E-state index in [1.165, 1.54) is 16.7 Å². The van der Waals surface area contributed by atoms with Gasteiger partial charge in [0, 0.05) is 11.7 Å². The van der Waals surface area contributed by atoms with Gasteiger partial charge < -0.3 is 20.1 Å². The fraction of sp³-hybridized carbons (Fsp3) is 0.444. The maximum absolute atomic E-state index is 13.6. The molecule has 0 aromatic heterocycles. The van der Waals surface area contributed by atoms with E-state index >= 15 is 0 Å². The first-order valence-corrected chi connectivity index (χ1v) is 13.3. The fourth-order valence-electron chi connectivity index (χ4n) is 6.50. The average molecular weight is 493 g/mol. The molecular formula is C27H28N2O5S. The van der Waals surface area contributed by atoms with Crippen LogP contribution in [0.5, 0.6) is 0 Å². The summed E-state index contributed by atoms with van der Waals surface area (Å²) in [6.45, 7) is 0.173. The van der Waals surface area contributed by atoms with Gasteiger partial charge in [-0.2, -0.15) is 0 Å². The van der Waals surface area contributed by atoms with Crippen LogP contribution in [0.15, 0.2) is 48.5 Å². The minimum absolute atomic E-state index is 0.0643. The normalized spacial score (nSPS) is 23.1. The Morgan fingerprint density at radius 3 is 2.23 bits per heavy atom. The number of benzene rings is 2. The van der Waals surface area contributed by atoms with Gasteiger partial charge in [0.2, 0.25) is 5.91 Å². The van der Waals surface area contributed by atoms with Crippen LogP contribution in [0.2, 0.25) is 0 Å². The number of fused-ring (bicyclic) bond motifs is 3. The molecule has 1 atom stereocenters. The molecule has 2 aromatic carbocycles. The molecule has 2 amide bonds. The molecule has 0 radical (unpaired) electrons. The summed E-state index contributed by atoms with van der Waals surface area (Å²) in [4.78, 5) is 39.8. The van der Waals surface area contributed by atoms with Gasteiger partial charge in [-0.3, -0.25) is 4.79 Å². The van der Waals surface area contributed by atoms with Gasteiger partial charge >= 0.3 is 12.1 Å². The molecule has 1 heterocycles. The number of alkyl carbamates (subject to hydrolysis) is 1. The van der Waals surface area contributed by atoms with Crippen molar-refractivity contribution in [3.63, 3.8) is 0 Å². The Labute approximate surface area is 208 Å². The molecule has 182 valence electrons. The van der Waals surface area contributed by atoms with Crippen LogP contribution in [-0.4, -0.2) is 57.8 Å². The highest BCUT2D eigenvalue weighted by atomic mass is 32.2. The molecule has 8 heteroatoms. The van der Waals surface area contributed by atoms with Crippen molar-refractivity contribution in [3.05, 3.63) is 59.7 Å². The Kier molecular flexibility index (Phi) is 5.32. The van der Waals surface area contributed by atoms with E-state index in [1.54, 1.807) is 0 Å². The Morgan fingerprint density at radius 2 is 1.66 bits per heavy atom. The van der Waals surface area contributed by atoms with E-state index in [2.05, 4.69) is 29.6 Å². The van der Waals surface area contributed by atoms with Crippen molar-refractivity contribution in [3.8, 4) is 11.1 Å². The van der Waals surface area contributed by atoms with E-state index in [0.717, 1.165) is 41.5 Å². The monoisotopic (exact) mass is 492 g/mol. The van der Waals surface area contributed by atoms with E-state index in [4.69, 9.17) is 4.74 Å². The van der Waals surface area contributed by atoms with Crippen LogP contribution in [0, 0.1) is 5.41 Å². The summed E-state index contributed by atoms with van der Waals surface area (Å²) in [6.07, 6.45) is 3.71. The Morgan fingerprint density at radius 1 is 1.03 bits per heavy atom. The smallest absolute Gasteiger partial charge is 0.408 e. The molecule has 6 rings (SSSR count). The van der Waals surface area contributed by atoms with E-state index in [-0.39, 0.29) is 23.8 Å². The Hall–Kier alpha value is -3.00. The first-order valence-electron chi connectivity index (χ1n) is 12.2. The van der Waals surface area contributed by atoms with Crippen molar-refractivity contribution in [1.29, 1.82) is 0 Å². The minimum atomic E-state index is -1.08. The van der Waals surface area contributed by atoms with Gasteiger partial charge in [0.15, 0.2) is 0 Å². The number of ether oxygens (including phenoxy) is 1. The van der Waals surface area contributed by atoms with Crippen LogP contribution in [-0.2, 0) is 14.3 Å². The molecule has 3 fully saturated rings. The SMILES string of the molecule is O=C(NC1(C(=O)N2CSCC2C(=O)O)CC2(CCC2)C1)OCC1c2ccccc2-c2ccccc21. The highest BCUT2D eigenvalue weighted by Crippen LogP contribution is 2.61. The molecule has 2 N–H and O–H groups in total. The first-order chi connectivity index (χ1) is 16.9. The lowest BCUT2D eigenvalue weighted by Crippen LogP contribution is -2.71. The van der Waals surface area contributed by atoms with Crippen LogP contribution in [0.4, 0.5) is 4.79 Å². The van der Waals surface area contributed by atoms with E-state index in [9.17, 15) is 19.5 Å². The second-order valence-corrected chi connectivity index (χ2v) is 11.4.